The number of hydrogen-bond donors (Lipinski definition) is 0. The van der Waals surface area contributed by atoms with Crippen molar-refractivity contribution in [1.29, 1.82) is 0 Å². The summed E-state index contributed by atoms with van der Waals surface area (Å²) in [5, 5.41) is 16.8. The van der Waals surface area contributed by atoms with E-state index in [0.717, 1.165) is 32.8 Å². The average molecular weight is 504 g/mol. The number of hydrogen-bond acceptors (Lipinski definition) is 6. The summed E-state index contributed by atoms with van der Waals surface area (Å²) in [6, 6.07) is 24.2. The van der Waals surface area contributed by atoms with Crippen molar-refractivity contribution in [3.05, 3.63) is 123 Å². The van der Waals surface area contributed by atoms with E-state index in [4.69, 9.17) is 4.42 Å². The first-order chi connectivity index (χ1) is 18.4. The number of furan rings is 1. The van der Waals surface area contributed by atoms with Crippen molar-refractivity contribution in [1.82, 2.24) is 5.01 Å². The zero-order valence-corrected chi connectivity index (χ0v) is 20.3. The SMILES string of the molecule is Cc1ccc(-c2ccc(/C=N\N3C(=O)[C@@H]4C5c6ccccc6C(c6ccccc65)[C@@H]4C3=O)o2)c([N+](=O)[O-])c1. The lowest BCUT2D eigenvalue weighted by molar-refractivity contribution is -0.384. The summed E-state index contributed by atoms with van der Waals surface area (Å²) < 4.78 is 5.80. The van der Waals surface area contributed by atoms with Gasteiger partial charge in [-0.1, -0.05) is 54.6 Å². The molecule has 8 rings (SSSR count). The molecule has 1 fully saturated rings. The molecule has 2 bridgehead atoms. The van der Waals surface area contributed by atoms with Gasteiger partial charge in [-0.3, -0.25) is 19.7 Å². The smallest absolute Gasteiger partial charge is 0.280 e. The number of amides is 2. The van der Waals surface area contributed by atoms with Crippen LogP contribution in [0.4, 0.5) is 5.69 Å². The van der Waals surface area contributed by atoms with Crippen LogP contribution in [0.3, 0.4) is 0 Å². The molecule has 186 valence electrons. The van der Waals surface area contributed by atoms with Crippen LogP contribution in [0.2, 0.25) is 0 Å². The summed E-state index contributed by atoms with van der Waals surface area (Å²) in [7, 11) is 0. The molecule has 8 heteroatoms. The summed E-state index contributed by atoms with van der Waals surface area (Å²) in [4.78, 5) is 38.4. The first kappa shape index (κ1) is 22.4. The summed E-state index contributed by atoms with van der Waals surface area (Å²) >= 11 is 0. The van der Waals surface area contributed by atoms with Crippen molar-refractivity contribution in [2.24, 2.45) is 16.9 Å². The Labute approximate surface area is 217 Å². The first-order valence-electron chi connectivity index (χ1n) is 12.4. The molecular weight excluding hydrogens is 482 g/mol. The fraction of sp³-hybridized carbons (Fsp3) is 0.167. The molecule has 1 saturated heterocycles. The Bertz CT molecular complexity index is 1590. The highest BCUT2D eigenvalue weighted by atomic mass is 16.6. The molecular formula is C30H21N3O5. The number of carbonyl (C=O) groups is 2. The van der Waals surface area contributed by atoms with E-state index in [9.17, 15) is 19.7 Å². The molecule has 8 nitrogen and oxygen atoms in total. The lowest BCUT2D eigenvalue weighted by Gasteiger charge is -2.45. The van der Waals surface area contributed by atoms with Crippen LogP contribution in [-0.2, 0) is 9.59 Å². The topological polar surface area (TPSA) is 106 Å². The second-order valence-corrected chi connectivity index (χ2v) is 9.98. The Hall–Kier alpha value is -4.85. The van der Waals surface area contributed by atoms with E-state index in [1.54, 1.807) is 31.2 Å². The predicted octanol–water partition coefficient (Wildman–Crippen LogP) is 5.39. The molecule has 2 atom stereocenters. The van der Waals surface area contributed by atoms with E-state index in [2.05, 4.69) is 29.4 Å². The minimum Gasteiger partial charge on any atom is -0.455 e. The minimum absolute atomic E-state index is 0.0635. The molecule has 0 N–H and O–H groups in total. The number of nitro benzene ring substituents is 1. The number of imide groups is 1. The van der Waals surface area contributed by atoms with Gasteiger partial charge in [-0.25, -0.2) is 0 Å². The van der Waals surface area contributed by atoms with E-state index >= 15 is 0 Å². The highest BCUT2D eigenvalue weighted by Crippen LogP contribution is 2.60. The number of nitrogens with zero attached hydrogens (tertiary/aromatic N) is 3. The Morgan fingerprint density at radius 1 is 0.842 bits per heavy atom. The lowest BCUT2D eigenvalue weighted by Crippen LogP contribution is -2.41. The van der Waals surface area contributed by atoms with Crippen molar-refractivity contribution in [3.8, 4) is 11.3 Å². The third kappa shape index (κ3) is 3.06. The Balaban J connectivity index is 1.22. The van der Waals surface area contributed by atoms with E-state index in [-0.39, 0.29) is 35.1 Å². The van der Waals surface area contributed by atoms with Crippen molar-refractivity contribution in [2.75, 3.05) is 0 Å². The number of hydrazone groups is 1. The molecule has 4 aromatic rings. The van der Waals surface area contributed by atoms with Crippen LogP contribution in [0.5, 0.6) is 0 Å². The monoisotopic (exact) mass is 503 g/mol. The second kappa shape index (κ2) is 8.08. The molecule has 2 heterocycles. The molecule has 0 spiro atoms. The van der Waals surface area contributed by atoms with Crippen molar-refractivity contribution >= 4 is 23.7 Å². The Kier molecular flexibility index (Phi) is 4.75. The third-order valence-corrected chi connectivity index (χ3v) is 7.97. The van der Waals surface area contributed by atoms with Gasteiger partial charge in [0.05, 0.1) is 28.5 Å². The fourth-order valence-electron chi connectivity index (χ4n) is 6.46. The normalized spacial score (nSPS) is 23.0. The standard InChI is InChI=1S/C30H21N3O5/c1-16-10-12-22(23(14-16)33(36)37)24-13-11-17(38-24)15-31-32-29(34)27-25-18-6-2-3-7-19(18)26(28(27)30(32)35)21-9-5-4-8-20(21)25/h2-15,25-28H,1H3/b31-15-/t25?,26?,27-,28+. The van der Waals surface area contributed by atoms with Crippen molar-refractivity contribution in [3.63, 3.8) is 0 Å². The van der Waals surface area contributed by atoms with Crippen LogP contribution in [0.25, 0.3) is 11.3 Å². The Morgan fingerprint density at radius 3 is 1.92 bits per heavy atom. The average Bonchev–Trinajstić information content (AvgIpc) is 3.50. The zero-order valence-electron chi connectivity index (χ0n) is 20.3. The fourth-order valence-corrected chi connectivity index (χ4v) is 6.46. The summed E-state index contributed by atoms with van der Waals surface area (Å²) in [5.74, 6) is -1.51. The number of carbonyl (C=O) groups excluding carboxylic acids is 2. The molecule has 0 saturated carbocycles. The van der Waals surface area contributed by atoms with Crippen LogP contribution < -0.4 is 0 Å². The maximum atomic E-state index is 13.6. The van der Waals surface area contributed by atoms with Gasteiger partial charge in [-0.15, -0.1) is 0 Å². The van der Waals surface area contributed by atoms with Crippen LogP contribution in [0.1, 0.15) is 45.4 Å². The van der Waals surface area contributed by atoms with Crippen molar-refractivity contribution in [2.45, 2.75) is 18.8 Å². The second-order valence-electron chi connectivity index (χ2n) is 9.98. The van der Waals surface area contributed by atoms with Crippen LogP contribution in [0.15, 0.2) is 88.4 Å². The van der Waals surface area contributed by atoms with Gasteiger partial charge >= 0.3 is 0 Å². The third-order valence-electron chi connectivity index (χ3n) is 7.97. The van der Waals surface area contributed by atoms with Gasteiger partial charge in [0.2, 0.25) is 0 Å². The molecule has 38 heavy (non-hydrogen) atoms. The minimum atomic E-state index is -0.517. The molecule has 0 radical (unpaired) electrons. The maximum absolute atomic E-state index is 13.6. The number of nitro groups is 1. The predicted molar refractivity (Wildman–Crippen MR) is 139 cm³/mol. The summed E-state index contributed by atoms with van der Waals surface area (Å²) in [6.45, 7) is 1.78. The summed E-state index contributed by atoms with van der Waals surface area (Å²) in [5.41, 5.74) is 5.43. The molecule has 1 aliphatic heterocycles. The maximum Gasteiger partial charge on any atom is 0.280 e. The highest BCUT2D eigenvalue weighted by molar-refractivity contribution is 6.08. The van der Waals surface area contributed by atoms with Gasteiger partial charge in [-0.05, 0) is 52.9 Å². The van der Waals surface area contributed by atoms with Crippen LogP contribution in [-0.4, -0.2) is 28.0 Å². The Morgan fingerprint density at radius 2 is 1.39 bits per heavy atom. The largest absolute Gasteiger partial charge is 0.455 e. The van der Waals surface area contributed by atoms with Gasteiger partial charge in [0.15, 0.2) is 0 Å². The van der Waals surface area contributed by atoms with Gasteiger partial charge < -0.3 is 4.42 Å². The van der Waals surface area contributed by atoms with Gasteiger partial charge in [-0.2, -0.15) is 10.1 Å². The molecule has 4 aliphatic rings. The van der Waals surface area contributed by atoms with Gasteiger partial charge in [0, 0.05) is 17.9 Å². The van der Waals surface area contributed by atoms with Crippen molar-refractivity contribution < 1.29 is 18.9 Å². The molecule has 3 aromatic carbocycles. The molecule has 3 aliphatic carbocycles. The molecule has 1 aromatic heterocycles. The van der Waals surface area contributed by atoms with E-state index < -0.39 is 16.8 Å². The van der Waals surface area contributed by atoms with Gasteiger partial charge in [0.1, 0.15) is 11.5 Å². The zero-order chi connectivity index (χ0) is 26.1. The number of aryl methyl sites for hydroxylation is 1. The quantitative estimate of drug-likeness (QED) is 0.161. The van der Waals surface area contributed by atoms with E-state index in [0.29, 0.717) is 11.3 Å². The lowest BCUT2D eigenvalue weighted by atomic mass is 9.55. The molecule has 2 amide bonds. The summed E-state index contributed by atoms with van der Waals surface area (Å²) in [6.07, 6.45) is 1.32. The van der Waals surface area contributed by atoms with Crippen LogP contribution in [0, 0.1) is 28.9 Å². The molecule has 0 unspecified atom stereocenters. The first-order valence-corrected chi connectivity index (χ1v) is 12.4. The van der Waals surface area contributed by atoms with Gasteiger partial charge in [0.25, 0.3) is 17.5 Å². The van der Waals surface area contributed by atoms with E-state index in [1.165, 1.54) is 12.3 Å². The number of rotatable bonds is 4. The number of benzene rings is 3. The van der Waals surface area contributed by atoms with E-state index in [1.807, 2.05) is 24.3 Å². The van der Waals surface area contributed by atoms with Crippen LogP contribution >= 0.6 is 0 Å². The highest BCUT2D eigenvalue weighted by Gasteiger charge is 2.61.